The molecule has 2 rings (SSSR count). The van der Waals surface area contributed by atoms with E-state index in [0.717, 1.165) is 0 Å². The molecule has 0 spiro atoms. The summed E-state index contributed by atoms with van der Waals surface area (Å²) in [4.78, 5) is 4.24. The average Bonchev–Trinajstić information content (AvgIpc) is 2.34. The van der Waals surface area contributed by atoms with Gasteiger partial charge in [-0.3, -0.25) is 4.98 Å². The number of anilines is 2. The largest absolute Gasteiger partial charge is 0.388 e. The SMILES string of the molecule is NC(=S)c1ncccc1Nc1ccc(Cl)c(F)c1. The second-order valence-electron chi connectivity index (χ2n) is 3.52. The number of nitrogens with one attached hydrogen (secondary N) is 1. The van der Waals surface area contributed by atoms with Crippen molar-refractivity contribution >= 4 is 40.2 Å². The summed E-state index contributed by atoms with van der Waals surface area (Å²) in [7, 11) is 0. The first-order valence-corrected chi connectivity index (χ1v) is 5.83. The van der Waals surface area contributed by atoms with Crippen LogP contribution in [0.4, 0.5) is 15.8 Å². The molecule has 92 valence electrons. The van der Waals surface area contributed by atoms with E-state index >= 15 is 0 Å². The van der Waals surface area contributed by atoms with Crippen molar-refractivity contribution < 1.29 is 4.39 Å². The predicted octanol–water partition coefficient (Wildman–Crippen LogP) is 3.25. The Hall–Kier alpha value is -1.72. The van der Waals surface area contributed by atoms with Gasteiger partial charge in [0.1, 0.15) is 16.5 Å². The van der Waals surface area contributed by atoms with Crippen LogP contribution < -0.4 is 11.1 Å². The molecule has 1 aromatic heterocycles. The van der Waals surface area contributed by atoms with Gasteiger partial charge in [-0.2, -0.15) is 0 Å². The number of thiocarbonyl (C=S) groups is 1. The lowest BCUT2D eigenvalue weighted by Crippen LogP contribution is -2.13. The zero-order valence-corrected chi connectivity index (χ0v) is 10.7. The highest BCUT2D eigenvalue weighted by Gasteiger charge is 2.07. The molecular weight excluding hydrogens is 273 g/mol. The number of nitrogens with zero attached hydrogens (tertiary/aromatic N) is 1. The van der Waals surface area contributed by atoms with E-state index in [1.165, 1.54) is 12.1 Å². The molecule has 18 heavy (non-hydrogen) atoms. The highest BCUT2D eigenvalue weighted by molar-refractivity contribution is 7.80. The molecule has 0 aliphatic carbocycles. The number of hydrogen-bond acceptors (Lipinski definition) is 3. The molecular formula is C12H9ClFN3S. The van der Waals surface area contributed by atoms with Crippen LogP contribution in [0.1, 0.15) is 5.69 Å². The molecule has 0 aliphatic rings. The fourth-order valence-electron chi connectivity index (χ4n) is 1.43. The van der Waals surface area contributed by atoms with Gasteiger partial charge in [0.25, 0.3) is 0 Å². The maximum Gasteiger partial charge on any atom is 0.143 e. The summed E-state index contributed by atoms with van der Waals surface area (Å²) in [6.45, 7) is 0. The van der Waals surface area contributed by atoms with E-state index in [4.69, 9.17) is 29.6 Å². The lowest BCUT2D eigenvalue weighted by molar-refractivity contribution is 0.629. The van der Waals surface area contributed by atoms with Crippen molar-refractivity contribution in [1.82, 2.24) is 4.98 Å². The minimum atomic E-state index is -0.498. The van der Waals surface area contributed by atoms with E-state index in [2.05, 4.69) is 10.3 Å². The molecule has 6 heteroatoms. The van der Waals surface area contributed by atoms with Crippen molar-refractivity contribution in [3.8, 4) is 0 Å². The highest BCUT2D eigenvalue weighted by Crippen LogP contribution is 2.23. The second kappa shape index (κ2) is 5.29. The van der Waals surface area contributed by atoms with Crippen LogP contribution in [0.5, 0.6) is 0 Å². The number of aromatic nitrogens is 1. The topological polar surface area (TPSA) is 50.9 Å². The summed E-state index contributed by atoms with van der Waals surface area (Å²) in [5.74, 6) is -0.498. The van der Waals surface area contributed by atoms with Crippen LogP contribution in [0.3, 0.4) is 0 Å². The van der Waals surface area contributed by atoms with Crippen LogP contribution in [0, 0.1) is 5.82 Å². The molecule has 0 aliphatic heterocycles. The molecule has 3 N–H and O–H groups in total. The van der Waals surface area contributed by atoms with Crippen LogP contribution >= 0.6 is 23.8 Å². The summed E-state index contributed by atoms with van der Waals surface area (Å²) in [5.41, 5.74) is 7.18. The van der Waals surface area contributed by atoms with Crippen LogP contribution in [-0.4, -0.2) is 9.97 Å². The molecule has 0 fully saturated rings. The number of halogens is 2. The minimum Gasteiger partial charge on any atom is -0.388 e. The van der Waals surface area contributed by atoms with Crippen LogP contribution in [-0.2, 0) is 0 Å². The van der Waals surface area contributed by atoms with E-state index in [1.807, 2.05) is 0 Å². The summed E-state index contributed by atoms with van der Waals surface area (Å²) in [6, 6.07) is 7.90. The fourth-order valence-corrected chi connectivity index (χ4v) is 1.71. The van der Waals surface area contributed by atoms with Gasteiger partial charge in [0, 0.05) is 11.9 Å². The smallest absolute Gasteiger partial charge is 0.143 e. The summed E-state index contributed by atoms with van der Waals surface area (Å²) in [5, 5.41) is 3.06. The number of rotatable bonds is 3. The predicted molar refractivity (Wildman–Crippen MR) is 74.8 cm³/mol. The Bertz CT molecular complexity index is 604. The summed E-state index contributed by atoms with van der Waals surface area (Å²) >= 11 is 10.5. The van der Waals surface area contributed by atoms with Crippen molar-refractivity contribution in [2.45, 2.75) is 0 Å². The van der Waals surface area contributed by atoms with E-state index < -0.39 is 5.82 Å². The van der Waals surface area contributed by atoms with Gasteiger partial charge < -0.3 is 11.1 Å². The first kappa shape index (κ1) is 12.7. The first-order valence-electron chi connectivity index (χ1n) is 5.05. The van der Waals surface area contributed by atoms with Gasteiger partial charge in [-0.05, 0) is 30.3 Å². The molecule has 2 aromatic rings. The van der Waals surface area contributed by atoms with Crippen LogP contribution in [0.25, 0.3) is 0 Å². The standard InChI is InChI=1S/C12H9ClFN3S/c13-8-4-3-7(6-9(8)14)17-10-2-1-5-16-11(10)12(15)18/h1-6,17H,(H2,15,18). The minimum absolute atomic E-state index is 0.0707. The number of hydrogen-bond donors (Lipinski definition) is 2. The van der Waals surface area contributed by atoms with Crippen molar-refractivity contribution in [1.29, 1.82) is 0 Å². The Morgan fingerprint density at radius 3 is 2.83 bits per heavy atom. The third-order valence-corrected chi connectivity index (χ3v) is 2.74. The molecule has 3 nitrogen and oxygen atoms in total. The molecule has 0 bridgehead atoms. The molecule has 0 saturated heterocycles. The monoisotopic (exact) mass is 281 g/mol. The van der Waals surface area contributed by atoms with Crippen molar-refractivity contribution in [3.05, 3.63) is 53.1 Å². The normalized spacial score (nSPS) is 10.1. The Morgan fingerprint density at radius 2 is 2.17 bits per heavy atom. The Morgan fingerprint density at radius 1 is 1.39 bits per heavy atom. The van der Waals surface area contributed by atoms with E-state index in [9.17, 15) is 4.39 Å². The quantitative estimate of drug-likeness (QED) is 0.848. The van der Waals surface area contributed by atoms with Gasteiger partial charge in [-0.15, -0.1) is 0 Å². The van der Waals surface area contributed by atoms with Gasteiger partial charge in [0.15, 0.2) is 0 Å². The third kappa shape index (κ3) is 2.75. The zero-order chi connectivity index (χ0) is 13.1. The van der Waals surface area contributed by atoms with Crippen molar-refractivity contribution in [2.75, 3.05) is 5.32 Å². The van der Waals surface area contributed by atoms with Crippen molar-refractivity contribution in [2.24, 2.45) is 5.73 Å². The van der Waals surface area contributed by atoms with Gasteiger partial charge in [-0.1, -0.05) is 23.8 Å². The van der Waals surface area contributed by atoms with Crippen LogP contribution in [0.15, 0.2) is 36.5 Å². The summed E-state index contributed by atoms with van der Waals surface area (Å²) < 4.78 is 13.3. The number of pyridine rings is 1. The maximum atomic E-state index is 13.3. The Balaban J connectivity index is 2.34. The third-order valence-electron chi connectivity index (χ3n) is 2.24. The van der Waals surface area contributed by atoms with Crippen molar-refractivity contribution in [3.63, 3.8) is 0 Å². The lowest BCUT2D eigenvalue weighted by atomic mass is 10.2. The molecule has 1 aromatic carbocycles. The number of benzene rings is 1. The number of nitrogens with two attached hydrogens (primary N) is 1. The molecule has 1 heterocycles. The molecule has 0 saturated carbocycles. The molecule has 0 radical (unpaired) electrons. The van der Waals surface area contributed by atoms with Gasteiger partial charge in [-0.25, -0.2) is 4.39 Å². The van der Waals surface area contributed by atoms with E-state index in [1.54, 1.807) is 24.4 Å². The van der Waals surface area contributed by atoms with Gasteiger partial charge in [0.2, 0.25) is 0 Å². The fraction of sp³-hybridized carbons (Fsp3) is 0. The molecule has 0 amide bonds. The molecule has 0 atom stereocenters. The Labute approximate surface area is 114 Å². The average molecular weight is 282 g/mol. The highest BCUT2D eigenvalue weighted by atomic mass is 35.5. The van der Waals surface area contributed by atoms with Crippen LogP contribution in [0.2, 0.25) is 5.02 Å². The van der Waals surface area contributed by atoms with Gasteiger partial charge >= 0.3 is 0 Å². The van der Waals surface area contributed by atoms with Gasteiger partial charge in [0.05, 0.1) is 10.7 Å². The van der Waals surface area contributed by atoms with E-state index in [0.29, 0.717) is 17.1 Å². The summed E-state index contributed by atoms with van der Waals surface area (Å²) in [6.07, 6.45) is 1.59. The zero-order valence-electron chi connectivity index (χ0n) is 9.15. The second-order valence-corrected chi connectivity index (χ2v) is 4.36. The maximum absolute atomic E-state index is 13.3. The Kier molecular flexibility index (Phi) is 3.74. The lowest BCUT2D eigenvalue weighted by Gasteiger charge is -2.10. The van der Waals surface area contributed by atoms with E-state index in [-0.39, 0.29) is 10.0 Å². The first-order chi connectivity index (χ1) is 8.58. The molecule has 0 unspecified atom stereocenters.